The molecule has 0 atom stereocenters. The molecule has 1 fully saturated rings. The predicted octanol–water partition coefficient (Wildman–Crippen LogP) is 3.48. The summed E-state index contributed by atoms with van der Waals surface area (Å²) in [4.78, 5) is 0. The van der Waals surface area contributed by atoms with Gasteiger partial charge in [0.1, 0.15) is 5.82 Å². The molecule has 0 aromatic heterocycles. The smallest absolute Gasteiger partial charge is 0.145 e. The van der Waals surface area contributed by atoms with Gasteiger partial charge in [-0.25, -0.2) is 4.39 Å². The van der Waals surface area contributed by atoms with Gasteiger partial charge in [-0.3, -0.25) is 0 Å². The van der Waals surface area contributed by atoms with Crippen LogP contribution in [0.5, 0.6) is 0 Å². The van der Waals surface area contributed by atoms with Gasteiger partial charge in [-0.15, -0.1) is 0 Å². The number of rotatable bonds is 2. The second kappa shape index (κ2) is 4.01. The fraction of sp³-hybridized carbons (Fsp3) is 0.538. The van der Waals surface area contributed by atoms with E-state index in [2.05, 4.69) is 0 Å². The average molecular weight is 242 g/mol. The van der Waals surface area contributed by atoms with Crippen LogP contribution in [0, 0.1) is 19.7 Å². The number of nitrogens with two attached hydrogens (primary N) is 1. The summed E-state index contributed by atoms with van der Waals surface area (Å²) in [6.07, 6.45) is 3.07. The first kappa shape index (κ1) is 11.9. The Morgan fingerprint density at radius 3 is 2.50 bits per heavy atom. The highest BCUT2D eigenvalue weighted by Crippen LogP contribution is 2.46. The van der Waals surface area contributed by atoms with Crippen molar-refractivity contribution in [3.8, 4) is 0 Å². The van der Waals surface area contributed by atoms with Gasteiger partial charge in [0, 0.05) is 12.0 Å². The highest BCUT2D eigenvalue weighted by Gasteiger charge is 2.41. The van der Waals surface area contributed by atoms with Crippen LogP contribution in [0.3, 0.4) is 0 Å². The number of hydrogen-bond acceptors (Lipinski definition) is 1. The van der Waals surface area contributed by atoms with Gasteiger partial charge in [-0.05, 0) is 49.4 Å². The van der Waals surface area contributed by atoms with Gasteiger partial charge in [0.25, 0.3) is 0 Å². The average Bonchev–Trinajstić information content (AvgIpc) is 2.19. The zero-order valence-electron chi connectivity index (χ0n) is 9.74. The van der Waals surface area contributed by atoms with Crippen molar-refractivity contribution < 1.29 is 4.39 Å². The Morgan fingerprint density at radius 2 is 2.06 bits per heavy atom. The van der Waals surface area contributed by atoms with E-state index in [1.165, 1.54) is 0 Å². The van der Waals surface area contributed by atoms with Gasteiger partial charge in [-0.1, -0.05) is 18.0 Å². The molecule has 88 valence electrons. The monoisotopic (exact) mass is 241 g/mol. The van der Waals surface area contributed by atoms with E-state index in [0.717, 1.165) is 36.0 Å². The zero-order chi connectivity index (χ0) is 11.9. The third-order valence-corrected chi connectivity index (χ3v) is 4.25. The molecule has 0 spiro atoms. The normalized spacial score (nSPS) is 18.3. The molecule has 1 nitrogen and oxygen atoms in total. The number of hydrogen-bond donors (Lipinski definition) is 1. The van der Waals surface area contributed by atoms with Gasteiger partial charge in [0.15, 0.2) is 0 Å². The van der Waals surface area contributed by atoms with Crippen LogP contribution in [0.1, 0.15) is 36.0 Å². The Morgan fingerprint density at radius 1 is 1.44 bits per heavy atom. The van der Waals surface area contributed by atoms with Crippen LogP contribution in [-0.2, 0) is 5.41 Å². The molecule has 0 heterocycles. The molecule has 0 aliphatic heterocycles. The van der Waals surface area contributed by atoms with Crippen LogP contribution in [0.25, 0.3) is 0 Å². The van der Waals surface area contributed by atoms with E-state index in [9.17, 15) is 4.39 Å². The number of benzene rings is 1. The lowest BCUT2D eigenvalue weighted by atomic mass is 9.63. The Bertz CT molecular complexity index is 393. The van der Waals surface area contributed by atoms with E-state index in [4.69, 9.17) is 17.3 Å². The molecule has 16 heavy (non-hydrogen) atoms. The van der Waals surface area contributed by atoms with Gasteiger partial charge in [0.2, 0.25) is 0 Å². The van der Waals surface area contributed by atoms with E-state index >= 15 is 0 Å². The number of halogens is 2. The Balaban J connectivity index is 2.63. The summed E-state index contributed by atoms with van der Waals surface area (Å²) in [5.41, 5.74) is 8.47. The Hall–Kier alpha value is -0.600. The summed E-state index contributed by atoms with van der Waals surface area (Å²) >= 11 is 5.92. The first-order valence-electron chi connectivity index (χ1n) is 5.67. The van der Waals surface area contributed by atoms with E-state index < -0.39 is 0 Å². The molecule has 0 radical (unpaired) electrons. The van der Waals surface area contributed by atoms with Crippen LogP contribution in [-0.4, -0.2) is 6.54 Å². The van der Waals surface area contributed by atoms with Crippen molar-refractivity contribution >= 4 is 11.6 Å². The van der Waals surface area contributed by atoms with Crippen molar-refractivity contribution in [1.82, 2.24) is 0 Å². The van der Waals surface area contributed by atoms with Crippen LogP contribution < -0.4 is 5.73 Å². The first-order valence-corrected chi connectivity index (χ1v) is 6.05. The highest BCUT2D eigenvalue weighted by atomic mass is 35.5. The van der Waals surface area contributed by atoms with Crippen LogP contribution in [0.2, 0.25) is 5.02 Å². The predicted molar refractivity (Wildman–Crippen MR) is 65.5 cm³/mol. The fourth-order valence-electron chi connectivity index (χ4n) is 2.63. The van der Waals surface area contributed by atoms with E-state index in [0.29, 0.717) is 6.54 Å². The Labute approximate surface area is 101 Å². The molecule has 1 aromatic rings. The molecular formula is C13H17ClFN. The third kappa shape index (κ3) is 1.56. The minimum absolute atomic E-state index is 0.163. The van der Waals surface area contributed by atoms with Crippen LogP contribution in [0.15, 0.2) is 6.07 Å². The molecule has 0 bridgehead atoms. The second-order valence-corrected chi connectivity index (χ2v) is 5.23. The van der Waals surface area contributed by atoms with Crippen LogP contribution >= 0.6 is 11.6 Å². The molecule has 0 unspecified atom stereocenters. The maximum atomic E-state index is 14.2. The van der Waals surface area contributed by atoms with E-state index in [1.807, 2.05) is 13.8 Å². The quantitative estimate of drug-likeness (QED) is 0.843. The minimum atomic E-state index is -0.269. The molecular weight excluding hydrogens is 225 g/mol. The molecule has 1 saturated carbocycles. The van der Waals surface area contributed by atoms with Crippen LogP contribution in [0.4, 0.5) is 4.39 Å². The Kier molecular flexibility index (Phi) is 2.97. The maximum absolute atomic E-state index is 14.2. The summed E-state index contributed by atoms with van der Waals surface area (Å²) < 4.78 is 14.2. The lowest BCUT2D eigenvalue weighted by Crippen LogP contribution is -2.43. The largest absolute Gasteiger partial charge is 0.330 e. The highest BCUT2D eigenvalue weighted by molar-refractivity contribution is 6.30. The first-order chi connectivity index (χ1) is 7.52. The molecule has 3 heteroatoms. The van der Waals surface area contributed by atoms with Crippen molar-refractivity contribution in [1.29, 1.82) is 0 Å². The standard InChI is InChI=1S/C13H17ClFN/c1-8-6-10(14)12(15)11(9(8)2)13(7-16)4-3-5-13/h6H,3-5,7,16H2,1-2H3. The van der Waals surface area contributed by atoms with Crippen molar-refractivity contribution in [2.24, 2.45) is 5.73 Å². The molecule has 1 aliphatic rings. The summed E-state index contributed by atoms with van der Waals surface area (Å²) in [6, 6.07) is 1.69. The summed E-state index contributed by atoms with van der Waals surface area (Å²) in [5, 5.41) is 0.220. The summed E-state index contributed by atoms with van der Waals surface area (Å²) in [7, 11) is 0. The van der Waals surface area contributed by atoms with Crippen molar-refractivity contribution in [3.05, 3.63) is 33.6 Å². The zero-order valence-corrected chi connectivity index (χ0v) is 10.5. The molecule has 1 aliphatic carbocycles. The lowest BCUT2D eigenvalue weighted by Gasteiger charge is -2.43. The molecule has 2 rings (SSSR count). The summed E-state index contributed by atoms with van der Waals surface area (Å²) in [5.74, 6) is -0.269. The molecule has 0 amide bonds. The maximum Gasteiger partial charge on any atom is 0.145 e. The number of aryl methyl sites for hydroxylation is 1. The van der Waals surface area contributed by atoms with Crippen molar-refractivity contribution in [2.75, 3.05) is 6.54 Å². The van der Waals surface area contributed by atoms with Crippen molar-refractivity contribution in [3.63, 3.8) is 0 Å². The van der Waals surface area contributed by atoms with Gasteiger partial charge < -0.3 is 5.73 Å². The van der Waals surface area contributed by atoms with Gasteiger partial charge in [0.05, 0.1) is 5.02 Å². The SMILES string of the molecule is Cc1cc(Cl)c(F)c(C2(CN)CCC2)c1C. The minimum Gasteiger partial charge on any atom is -0.330 e. The molecule has 2 N–H and O–H groups in total. The van der Waals surface area contributed by atoms with Gasteiger partial charge >= 0.3 is 0 Å². The molecule has 1 aromatic carbocycles. The molecule has 0 saturated heterocycles. The van der Waals surface area contributed by atoms with Crippen molar-refractivity contribution in [2.45, 2.75) is 38.5 Å². The summed E-state index contributed by atoms with van der Waals surface area (Å²) in [6.45, 7) is 4.43. The lowest BCUT2D eigenvalue weighted by molar-refractivity contribution is 0.243. The fourth-order valence-corrected chi connectivity index (χ4v) is 2.89. The topological polar surface area (TPSA) is 26.0 Å². The second-order valence-electron chi connectivity index (χ2n) is 4.83. The van der Waals surface area contributed by atoms with E-state index in [1.54, 1.807) is 6.07 Å². The third-order valence-electron chi connectivity index (χ3n) is 3.97. The van der Waals surface area contributed by atoms with Gasteiger partial charge in [-0.2, -0.15) is 0 Å². The van der Waals surface area contributed by atoms with E-state index in [-0.39, 0.29) is 16.3 Å².